The van der Waals surface area contributed by atoms with E-state index in [1.807, 2.05) is 69.3 Å². The lowest BCUT2D eigenvalue weighted by Gasteiger charge is -2.30. The molecule has 1 heterocycles. The second kappa shape index (κ2) is 6.58. The lowest BCUT2D eigenvalue weighted by molar-refractivity contribution is -0.0157. The summed E-state index contributed by atoms with van der Waals surface area (Å²) in [5.74, 6) is 0.757. The first-order chi connectivity index (χ1) is 11.4. The molecule has 3 rings (SSSR count). The van der Waals surface area contributed by atoms with Crippen LogP contribution in [0.1, 0.15) is 50.3 Å². The van der Waals surface area contributed by atoms with E-state index in [-0.39, 0.29) is 5.60 Å². The van der Waals surface area contributed by atoms with E-state index in [1.54, 1.807) is 0 Å². The Balaban J connectivity index is 1.92. The smallest absolute Gasteiger partial charge is 0.126 e. The second-order valence-electron chi connectivity index (χ2n) is 7.37. The van der Waals surface area contributed by atoms with Crippen molar-refractivity contribution in [2.75, 3.05) is 6.61 Å². The third kappa shape index (κ3) is 3.47. The summed E-state index contributed by atoms with van der Waals surface area (Å²) in [5, 5.41) is 11.6. The number of benzene rings is 2. The first-order valence-electron chi connectivity index (χ1n) is 8.57. The van der Waals surface area contributed by atoms with Crippen LogP contribution in [0.4, 0.5) is 0 Å². The number of ether oxygens (including phenoxy) is 2. The van der Waals surface area contributed by atoms with Gasteiger partial charge in [0.25, 0.3) is 0 Å². The van der Waals surface area contributed by atoms with E-state index >= 15 is 0 Å². The summed E-state index contributed by atoms with van der Waals surface area (Å²) in [6.07, 6.45) is 1.37. The standard InChI is InChI=1S/C21H26O3/c1-20(2,3)24-14-8-13-21(22)17-10-5-4-9-16(17)15-23-19-12-7-6-11-18(19)21/h4-7,9-12,22H,8,13-15H2,1-3H3. The molecule has 0 amide bonds. The maximum atomic E-state index is 11.6. The summed E-state index contributed by atoms with van der Waals surface area (Å²) < 4.78 is 11.8. The topological polar surface area (TPSA) is 38.7 Å². The van der Waals surface area contributed by atoms with Gasteiger partial charge in [0.05, 0.1) is 5.60 Å². The van der Waals surface area contributed by atoms with Crippen molar-refractivity contribution in [1.82, 2.24) is 0 Å². The fourth-order valence-corrected chi connectivity index (χ4v) is 3.26. The molecule has 0 saturated carbocycles. The molecular weight excluding hydrogens is 300 g/mol. The Bertz CT molecular complexity index is 653. The van der Waals surface area contributed by atoms with Crippen molar-refractivity contribution in [3.8, 4) is 5.75 Å². The predicted octanol–water partition coefficient (Wildman–Crippen LogP) is 4.41. The summed E-state index contributed by atoms with van der Waals surface area (Å²) in [5.41, 5.74) is 1.60. The van der Waals surface area contributed by atoms with Crippen LogP contribution in [0.15, 0.2) is 48.5 Å². The van der Waals surface area contributed by atoms with Crippen molar-refractivity contribution in [2.24, 2.45) is 0 Å². The number of fused-ring (bicyclic) bond motifs is 2. The molecule has 128 valence electrons. The molecule has 3 nitrogen and oxygen atoms in total. The molecule has 0 aliphatic carbocycles. The van der Waals surface area contributed by atoms with Crippen molar-refractivity contribution in [2.45, 2.75) is 51.4 Å². The Hall–Kier alpha value is -1.84. The van der Waals surface area contributed by atoms with Gasteiger partial charge in [-0.05, 0) is 50.8 Å². The van der Waals surface area contributed by atoms with Crippen molar-refractivity contribution >= 4 is 0 Å². The molecule has 0 spiro atoms. The highest BCUT2D eigenvalue weighted by atomic mass is 16.5. The van der Waals surface area contributed by atoms with E-state index < -0.39 is 5.60 Å². The van der Waals surface area contributed by atoms with Gasteiger partial charge in [-0.1, -0.05) is 42.5 Å². The van der Waals surface area contributed by atoms with Gasteiger partial charge in [-0.15, -0.1) is 0 Å². The summed E-state index contributed by atoms with van der Waals surface area (Å²) in [6.45, 7) is 7.24. The van der Waals surface area contributed by atoms with Gasteiger partial charge in [0.1, 0.15) is 18.0 Å². The number of aliphatic hydroxyl groups is 1. The largest absolute Gasteiger partial charge is 0.488 e. The Morgan fingerprint density at radius 1 is 1.04 bits per heavy atom. The van der Waals surface area contributed by atoms with E-state index in [9.17, 15) is 5.11 Å². The SMILES string of the molecule is CC(C)(C)OCCCC1(O)c2ccccc2COc2ccccc21. The van der Waals surface area contributed by atoms with Gasteiger partial charge in [0.15, 0.2) is 0 Å². The van der Waals surface area contributed by atoms with Gasteiger partial charge in [0.2, 0.25) is 0 Å². The lowest BCUT2D eigenvalue weighted by Crippen LogP contribution is -2.29. The zero-order valence-corrected chi connectivity index (χ0v) is 14.7. The zero-order valence-electron chi connectivity index (χ0n) is 14.7. The Morgan fingerprint density at radius 3 is 2.46 bits per heavy atom. The molecule has 1 aliphatic heterocycles. The Labute approximate surface area is 144 Å². The molecule has 0 fully saturated rings. The normalized spacial score (nSPS) is 19.8. The van der Waals surface area contributed by atoms with Crippen LogP contribution in [-0.2, 0) is 16.9 Å². The van der Waals surface area contributed by atoms with Crippen molar-refractivity contribution in [3.05, 3.63) is 65.2 Å². The summed E-state index contributed by atoms with van der Waals surface area (Å²) in [6, 6.07) is 15.8. The minimum absolute atomic E-state index is 0.162. The molecule has 0 radical (unpaired) electrons. The molecule has 1 aliphatic rings. The fourth-order valence-electron chi connectivity index (χ4n) is 3.26. The van der Waals surface area contributed by atoms with Crippen molar-refractivity contribution in [3.63, 3.8) is 0 Å². The summed E-state index contributed by atoms with van der Waals surface area (Å²) >= 11 is 0. The van der Waals surface area contributed by atoms with Crippen molar-refractivity contribution in [1.29, 1.82) is 0 Å². The van der Waals surface area contributed by atoms with Crippen LogP contribution in [0.2, 0.25) is 0 Å². The molecule has 0 saturated heterocycles. The maximum Gasteiger partial charge on any atom is 0.126 e. The molecule has 0 aromatic heterocycles. The van der Waals surface area contributed by atoms with Crippen LogP contribution >= 0.6 is 0 Å². The first-order valence-corrected chi connectivity index (χ1v) is 8.57. The Morgan fingerprint density at radius 2 is 1.71 bits per heavy atom. The number of rotatable bonds is 4. The third-order valence-corrected chi connectivity index (χ3v) is 4.40. The predicted molar refractivity (Wildman–Crippen MR) is 95.2 cm³/mol. The molecule has 0 bridgehead atoms. The van der Waals surface area contributed by atoms with Gasteiger partial charge >= 0.3 is 0 Å². The third-order valence-electron chi connectivity index (χ3n) is 4.40. The van der Waals surface area contributed by atoms with E-state index in [4.69, 9.17) is 9.47 Å². The molecule has 2 aromatic carbocycles. The van der Waals surface area contributed by atoms with Crippen LogP contribution in [0, 0.1) is 0 Å². The van der Waals surface area contributed by atoms with E-state index in [1.165, 1.54) is 0 Å². The quantitative estimate of drug-likeness (QED) is 0.846. The van der Waals surface area contributed by atoms with Gasteiger partial charge in [0, 0.05) is 12.2 Å². The molecule has 24 heavy (non-hydrogen) atoms. The highest BCUT2D eigenvalue weighted by molar-refractivity contribution is 5.49. The molecule has 1 unspecified atom stereocenters. The van der Waals surface area contributed by atoms with Crippen LogP contribution in [-0.4, -0.2) is 17.3 Å². The average Bonchev–Trinajstić information content (AvgIpc) is 2.68. The monoisotopic (exact) mass is 326 g/mol. The van der Waals surface area contributed by atoms with Gasteiger partial charge in [-0.2, -0.15) is 0 Å². The average molecular weight is 326 g/mol. The van der Waals surface area contributed by atoms with Gasteiger partial charge in [-0.25, -0.2) is 0 Å². The zero-order chi connectivity index (χ0) is 17.2. The minimum Gasteiger partial charge on any atom is -0.488 e. The number of hydrogen-bond acceptors (Lipinski definition) is 3. The van der Waals surface area contributed by atoms with Crippen LogP contribution in [0.25, 0.3) is 0 Å². The van der Waals surface area contributed by atoms with Crippen LogP contribution < -0.4 is 4.74 Å². The highest BCUT2D eigenvalue weighted by Gasteiger charge is 2.37. The molecule has 2 aromatic rings. The minimum atomic E-state index is -1.05. The van der Waals surface area contributed by atoms with Crippen molar-refractivity contribution < 1.29 is 14.6 Å². The maximum absolute atomic E-state index is 11.6. The van der Waals surface area contributed by atoms with Gasteiger partial charge < -0.3 is 14.6 Å². The first kappa shape index (κ1) is 17.0. The van der Waals surface area contributed by atoms with E-state index in [2.05, 4.69) is 0 Å². The van der Waals surface area contributed by atoms with Gasteiger partial charge in [-0.3, -0.25) is 0 Å². The van der Waals surface area contributed by atoms with Crippen LogP contribution in [0.5, 0.6) is 5.75 Å². The van der Waals surface area contributed by atoms with Crippen LogP contribution in [0.3, 0.4) is 0 Å². The lowest BCUT2D eigenvalue weighted by atomic mass is 9.80. The van der Waals surface area contributed by atoms with E-state index in [0.29, 0.717) is 19.6 Å². The summed E-state index contributed by atoms with van der Waals surface area (Å²) in [7, 11) is 0. The molecule has 3 heteroatoms. The molecule has 1 atom stereocenters. The van der Waals surface area contributed by atoms with E-state index in [0.717, 1.165) is 28.9 Å². The molecule has 1 N–H and O–H groups in total. The number of hydrogen-bond donors (Lipinski definition) is 1. The summed E-state index contributed by atoms with van der Waals surface area (Å²) in [4.78, 5) is 0. The molecular formula is C21H26O3. The number of para-hydroxylation sites is 1. The second-order valence-corrected chi connectivity index (χ2v) is 7.37. The fraction of sp³-hybridized carbons (Fsp3) is 0.429. The highest BCUT2D eigenvalue weighted by Crippen LogP contribution is 2.43. The Kier molecular flexibility index (Phi) is 4.66.